The average Bonchev–Trinajstić information content (AvgIpc) is 3.03. The van der Waals surface area contributed by atoms with E-state index >= 15 is 0 Å². The Balaban J connectivity index is 2.23. The summed E-state index contributed by atoms with van der Waals surface area (Å²) in [6.07, 6.45) is 0.536. The van der Waals surface area contributed by atoms with Crippen molar-refractivity contribution in [3.63, 3.8) is 0 Å². The summed E-state index contributed by atoms with van der Waals surface area (Å²) in [5.41, 5.74) is 2.76. The second-order valence-electron chi connectivity index (χ2n) is 5.96. The van der Waals surface area contributed by atoms with Crippen LogP contribution in [0, 0.1) is 12.7 Å². The zero-order valence-electron chi connectivity index (χ0n) is 15.2. The van der Waals surface area contributed by atoms with Gasteiger partial charge < -0.3 is 15.4 Å². The fourth-order valence-corrected chi connectivity index (χ4v) is 2.94. The molecule has 0 bridgehead atoms. The number of urea groups is 1. The van der Waals surface area contributed by atoms with E-state index in [4.69, 9.17) is 0 Å². The Morgan fingerprint density at radius 2 is 2.22 bits per heavy atom. The molecule has 9 heteroatoms. The van der Waals surface area contributed by atoms with Gasteiger partial charge in [0.15, 0.2) is 0 Å². The first-order valence-corrected chi connectivity index (χ1v) is 8.50. The summed E-state index contributed by atoms with van der Waals surface area (Å²) in [5, 5.41) is 18.3. The number of nitrogens with zero attached hydrogens (tertiary/aromatic N) is 2. The predicted octanol–water partition coefficient (Wildman–Crippen LogP) is 2.42. The first-order valence-electron chi connectivity index (χ1n) is 8.50. The third kappa shape index (κ3) is 3.60. The number of aliphatic hydroxyl groups is 1. The molecule has 0 saturated heterocycles. The Bertz CT molecular complexity index is 987. The van der Waals surface area contributed by atoms with E-state index < -0.39 is 18.1 Å². The van der Waals surface area contributed by atoms with E-state index in [0.717, 1.165) is 0 Å². The van der Waals surface area contributed by atoms with Gasteiger partial charge in [0.25, 0.3) is 0 Å². The van der Waals surface area contributed by atoms with Gasteiger partial charge in [0, 0.05) is 23.9 Å². The zero-order valence-corrected chi connectivity index (χ0v) is 15.2. The van der Waals surface area contributed by atoms with Gasteiger partial charge in [-0.1, -0.05) is 0 Å². The molecule has 1 aromatic carbocycles. The molecule has 5 N–H and O–H groups in total. The van der Waals surface area contributed by atoms with Crippen molar-refractivity contribution in [3.05, 3.63) is 41.3 Å². The van der Waals surface area contributed by atoms with Crippen molar-refractivity contribution in [3.8, 4) is 11.3 Å². The highest BCUT2D eigenvalue weighted by Crippen LogP contribution is 2.35. The molecule has 3 rings (SSSR count). The summed E-state index contributed by atoms with van der Waals surface area (Å²) in [6.45, 7) is 4.04. The number of pyridine rings is 1. The lowest BCUT2D eigenvalue weighted by atomic mass is 9.96. The second-order valence-corrected chi connectivity index (χ2v) is 5.96. The number of fused-ring (bicyclic) bond motifs is 1. The number of hydrogen-bond donors (Lipinski definition) is 5. The SMILES string of the molecule is CCNC(=O)Nc1nc2c(-c3ncccc3F)c(C)c(C(O)NC)cc2[nH]1. The third-order valence-electron chi connectivity index (χ3n) is 4.21. The molecule has 2 aromatic heterocycles. The van der Waals surface area contributed by atoms with E-state index in [1.54, 1.807) is 27.0 Å². The molecule has 2 amide bonds. The largest absolute Gasteiger partial charge is 0.374 e. The molecule has 27 heavy (non-hydrogen) atoms. The summed E-state index contributed by atoms with van der Waals surface area (Å²) in [6, 6.07) is 4.13. The first kappa shape index (κ1) is 18.7. The number of amides is 2. The van der Waals surface area contributed by atoms with E-state index in [1.165, 1.54) is 18.3 Å². The van der Waals surface area contributed by atoms with Crippen LogP contribution in [0.25, 0.3) is 22.3 Å². The van der Waals surface area contributed by atoms with Crippen molar-refractivity contribution >= 4 is 23.0 Å². The molecular formula is C18H21FN6O2. The van der Waals surface area contributed by atoms with Crippen LogP contribution in [0.4, 0.5) is 15.1 Å². The minimum Gasteiger partial charge on any atom is -0.374 e. The highest BCUT2D eigenvalue weighted by atomic mass is 19.1. The van der Waals surface area contributed by atoms with Crippen LogP contribution in [0.15, 0.2) is 24.4 Å². The van der Waals surface area contributed by atoms with Gasteiger partial charge in [0.1, 0.15) is 23.3 Å². The summed E-state index contributed by atoms with van der Waals surface area (Å²) in [4.78, 5) is 23.3. The van der Waals surface area contributed by atoms with Crippen molar-refractivity contribution < 1.29 is 14.3 Å². The molecule has 1 unspecified atom stereocenters. The van der Waals surface area contributed by atoms with Gasteiger partial charge in [-0.15, -0.1) is 0 Å². The Morgan fingerprint density at radius 3 is 2.89 bits per heavy atom. The molecule has 0 aliphatic heterocycles. The Labute approximate surface area is 155 Å². The molecule has 0 radical (unpaired) electrons. The fraction of sp³-hybridized carbons (Fsp3) is 0.278. The van der Waals surface area contributed by atoms with E-state index in [-0.39, 0.29) is 11.6 Å². The molecule has 0 aliphatic rings. The Kier molecular flexibility index (Phi) is 5.33. The van der Waals surface area contributed by atoms with E-state index in [1.807, 2.05) is 0 Å². The molecule has 0 spiro atoms. The fourth-order valence-electron chi connectivity index (χ4n) is 2.94. The lowest BCUT2D eigenvalue weighted by molar-refractivity contribution is 0.149. The van der Waals surface area contributed by atoms with E-state index in [2.05, 4.69) is 30.9 Å². The maximum absolute atomic E-state index is 14.5. The van der Waals surface area contributed by atoms with Crippen LogP contribution >= 0.6 is 0 Å². The lowest BCUT2D eigenvalue weighted by Crippen LogP contribution is -2.28. The summed E-state index contributed by atoms with van der Waals surface area (Å²) < 4.78 is 14.5. The van der Waals surface area contributed by atoms with E-state index in [9.17, 15) is 14.3 Å². The number of aromatic nitrogens is 3. The highest BCUT2D eigenvalue weighted by molar-refractivity contribution is 5.97. The topological polar surface area (TPSA) is 115 Å². The number of H-pyrrole nitrogens is 1. The van der Waals surface area contributed by atoms with Gasteiger partial charge in [0.2, 0.25) is 5.95 Å². The second kappa shape index (κ2) is 7.68. The molecule has 1 atom stereocenters. The Hall–Kier alpha value is -3.04. The van der Waals surface area contributed by atoms with Gasteiger partial charge in [0.05, 0.1) is 5.52 Å². The minimum absolute atomic E-state index is 0.126. The summed E-state index contributed by atoms with van der Waals surface area (Å²) >= 11 is 0. The normalized spacial score (nSPS) is 12.2. The molecule has 0 aliphatic carbocycles. The van der Waals surface area contributed by atoms with Gasteiger partial charge in [-0.3, -0.25) is 15.6 Å². The van der Waals surface area contributed by atoms with Gasteiger partial charge >= 0.3 is 6.03 Å². The van der Waals surface area contributed by atoms with Crippen molar-refractivity contribution in [1.82, 2.24) is 25.6 Å². The number of hydrogen-bond acceptors (Lipinski definition) is 5. The van der Waals surface area contributed by atoms with Crippen LogP contribution < -0.4 is 16.0 Å². The number of aromatic amines is 1. The first-order chi connectivity index (χ1) is 13.0. The number of aliphatic hydroxyl groups excluding tert-OH is 1. The Morgan fingerprint density at radius 1 is 1.44 bits per heavy atom. The highest BCUT2D eigenvalue weighted by Gasteiger charge is 2.22. The van der Waals surface area contributed by atoms with Crippen LogP contribution in [-0.2, 0) is 0 Å². The number of imidazole rings is 1. The number of anilines is 1. The van der Waals surface area contributed by atoms with Crippen LogP contribution in [-0.4, -0.2) is 39.7 Å². The zero-order chi connectivity index (χ0) is 19.6. The van der Waals surface area contributed by atoms with Crippen LogP contribution in [0.3, 0.4) is 0 Å². The number of nitrogens with one attached hydrogen (secondary N) is 4. The monoisotopic (exact) mass is 372 g/mol. The summed E-state index contributed by atoms with van der Waals surface area (Å²) in [5.74, 6) is -0.289. The van der Waals surface area contributed by atoms with Crippen molar-refractivity contribution in [2.24, 2.45) is 0 Å². The maximum atomic E-state index is 14.5. The quantitative estimate of drug-likeness (QED) is 0.441. The van der Waals surface area contributed by atoms with Crippen molar-refractivity contribution in [2.45, 2.75) is 20.1 Å². The van der Waals surface area contributed by atoms with Crippen molar-refractivity contribution in [1.29, 1.82) is 0 Å². The van der Waals surface area contributed by atoms with E-state index in [0.29, 0.717) is 34.3 Å². The molecule has 142 valence electrons. The smallest absolute Gasteiger partial charge is 0.321 e. The number of carbonyl (C=O) groups is 1. The molecular weight excluding hydrogens is 351 g/mol. The lowest BCUT2D eigenvalue weighted by Gasteiger charge is -2.16. The number of halogens is 1. The number of carbonyl (C=O) groups excluding carboxylic acids is 1. The van der Waals surface area contributed by atoms with Gasteiger partial charge in [-0.2, -0.15) is 0 Å². The molecule has 0 saturated carbocycles. The van der Waals surface area contributed by atoms with Crippen molar-refractivity contribution in [2.75, 3.05) is 18.9 Å². The minimum atomic E-state index is -0.956. The molecule has 2 heterocycles. The predicted molar refractivity (Wildman–Crippen MR) is 101 cm³/mol. The summed E-state index contributed by atoms with van der Waals surface area (Å²) in [7, 11) is 1.62. The number of benzene rings is 1. The van der Waals surface area contributed by atoms with Gasteiger partial charge in [-0.05, 0) is 44.7 Å². The molecule has 3 aromatic rings. The van der Waals surface area contributed by atoms with Crippen LogP contribution in [0.2, 0.25) is 0 Å². The standard InChI is InChI=1S/C18H21FN6O2/c1-4-21-18(27)25-17-23-12-8-10(16(26)20-3)9(2)13(15(12)24-17)14-11(19)6-5-7-22-14/h5-8,16,20,26H,4H2,1-3H3,(H3,21,23,24,25,27). The van der Waals surface area contributed by atoms with Crippen LogP contribution in [0.1, 0.15) is 24.3 Å². The van der Waals surface area contributed by atoms with Gasteiger partial charge in [-0.25, -0.2) is 14.2 Å². The average molecular weight is 372 g/mol. The van der Waals surface area contributed by atoms with Crippen LogP contribution in [0.5, 0.6) is 0 Å². The number of rotatable bonds is 5. The third-order valence-corrected chi connectivity index (χ3v) is 4.21. The molecule has 0 fully saturated rings. The molecule has 8 nitrogen and oxygen atoms in total. The maximum Gasteiger partial charge on any atom is 0.321 e.